The normalized spacial score (nSPS) is 11.3. The summed E-state index contributed by atoms with van der Waals surface area (Å²) in [5, 5.41) is 11.8. The Balaban J connectivity index is 1.51. The molecule has 4 nitrogen and oxygen atoms in total. The SMILES string of the molecule is O=C(CNc1cc(Br)c(Br)cc1Br)N/N=C\c1c2ccccc2cc2ccccc12. The van der Waals surface area contributed by atoms with Crippen LogP contribution in [0.15, 0.2) is 85.2 Å². The number of nitrogens with one attached hydrogen (secondary N) is 2. The lowest BCUT2D eigenvalue weighted by Crippen LogP contribution is -2.26. The lowest BCUT2D eigenvalue weighted by molar-refractivity contribution is -0.119. The molecule has 0 bridgehead atoms. The van der Waals surface area contributed by atoms with E-state index in [1.807, 2.05) is 36.4 Å². The average Bonchev–Trinajstić information content (AvgIpc) is 2.75. The number of nitrogens with zero attached hydrogens (tertiary/aromatic N) is 1. The van der Waals surface area contributed by atoms with Crippen molar-refractivity contribution >= 4 is 87.1 Å². The van der Waals surface area contributed by atoms with Crippen LogP contribution in [0.25, 0.3) is 21.5 Å². The van der Waals surface area contributed by atoms with Gasteiger partial charge in [0.25, 0.3) is 5.91 Å². The number of anilines is 1. The van der Waals surface area contributed by atoms with Gasteiger partial charge in [0.2, 0.25) is 0 Å². The largest absolute Gasteiger partial charge is 0.375 e. The van der Waals surface area contributed by atoms with Crippen molar-refractivity contribution in [2.24, 2.45) is 5.10 Å². The van der Waals surface area contributed by atoms with E-state index in [-0.39, 0.29) is 12.5 Å². The van der Waals surface area contributed by atoms with Gasteiger partial charge in [-0.1, -0.05) is 48.5 Å². The Bertz CT molecular complexity index is 1230. The van der Waals surface area contributed by atoms with Crippen LogP contribution < -0.4 is 10.7 Å². The predicted octanol–water partition coefficient (Wildman–Crippen LogP) is 6.84. The van der Waals surface area contributed by atoms with Gasteiger partial charge in [-0.3, -0.25) is 4.79 Å². The number of hydrazone groups is 1. The van der Waals surface area contributed by atoms with Crippen LogP contribution in [0.5, 0.6) is 0 Å². The molecule has 7 heteroatoms. The van der Waals surface area contributed by atoms with E-state index in [9.17, 15) is 4.79 Å². The zero-order valence-electron chi connectivity index (χ0n) is 15.6. The van der Waals surface area contributed by atoms with E-state index < -0.39 is 0 Å². The minimum Gasteiger partial charge on any atom is -0.375 e. The van der Waals surface area contributed by atoms with Crippen molar-refractivity contribution < 1.29 is 4.79 Å². The summed E-state index contributed by atoms with van der Waals surface area (Å²) in [5.41, 5.74) is 4.40. The number of hydrogen-bond donors (Lipinski definition) is 2. The molecule has 0 aliphatic rings. The topological polar surface area (TPSA) is 53.5 Å². The fraction of sp³-hybridized carbons (Fsp3) is 0.0435. The number of fused-ring (bicyclic) bond motifs is 2. The molecule has 0 fully saturated rings. The summed E-state index contributed by atoms with van der Waals surface area (Å²) in [7, 11) is 0. The Morgan fingerprint density at radius 2 is 1.43 bits per heavy atom. The number of carbonyl (C=O) groups is 1. The molecule has 30 heavy (non-hydrogen) atoms. The third-order valence-corrected chi connectivity index (χ3v) is 7.15. The minimum atomic E-state index is -0.235. The lowest BCUT2D eigenvalue weighted by Gasteiger charge is -2.10. The van der Waals surface area contributed by atoms with E-state index in [1.54, 1.807) is 6.21 Å². The maximum absolute atomic E-state index is 12.3. The van der Waals surface area contributed by atoms with E-state index in [4.69, 9.17) is 0 Å². The van der Waals surface area contributed by atoms with Gasteiger partial charge >= 0.3 is 0 Å². The third-order valence-electron chi connectivity index (χ3n) is 4.65. The molecular formula is C23H16Br3N3O. The van der Waals surface area contributed by atoms with Crippen LogP contribution in [0.4, 0.5) is 5.69 Å². The van der Waals surface area contributed by atoms with Crippen LogP contribution >= 0.6 is 47.8 Å². The second kappa shape index (κ2) is 9.29. The predicted molar refractivity (Wildman–Crippen MR) is 135 cm³/mol. The van der Waals surface area contributed by atoms with Crippen molar-refractivity contribution in [2.45, 2.75) is 0 Å². The molecule has 0 aromatic heterocycles. The molecule has 0 aliphatic heterocycles. The number of benzene rings is 4. The van der Waals surface area contributed by atoms with Crippen LogP contribution in [-0.4, -0.2) is 18.7 Å². The van der Waals surface area contributed by atoms with E-state index in [0.29, 0.717) is 0 Å². The first-order chi connectivity index (χ1) is 14.5. The van der Waals surface area contributed by atoms with Crippen molar-refractivity contribution in [1.82, 2.24) is 5.43 Å². The second-order valence-electron chi connectivity index (χ2n) is 6.63. The molecular weight excluding hydrogens is 574 g/mol. The van der Waals surface area contributed by atoms with Crippen LogP contribution in [-0.2, 0) is 4.79 Å². The first-order valence-corrected chi connectivity index (χ1v) is 11.5. The van der Waals surface area contributed by atoms with Gasteiger partial charge in [0.05, 0.1) is 18.4 Å². The molecule has 0 unspecified atom stereocenters. The second-order valence-corrected chi connectivity index (χ2v) is 9.19. The summed E-state index contributed by atoms with van der Waals surface area (Å²) in [5.74, 6) is -0.235. The van der Waals surface area contributed by atoms with Crippen molar-refractivity contribution in [2.75, 3.05) is 11.9 Å². The number of amides is 1. The van der Waals surface area contributed by atoms with Gasteiger partial charge in [0.15, 0.2) is 0 Å². The maximum Gasteiger partial charge on any atom is 0.259 e. The smallest absolute Gasteiger partial charge is 0.259 e. The zero-order valence-corrected chi connectivity index (χ0v) is 20.4. The van der Waals surface area contributed by atoms with Crippen molar-refractivity contribution in [3.8, 4) is 0 Å². The number of rotatable bonds is 5. The van der Waals surface area contributed by atoms with Crippen LogP contribution in [0.1, 0.15) is 5.56 Å². The van der Waals surface area contributed by atoms with Crippen LogP contribution in [0, 0.1) is 0 Å². The molecule has 0 spiro atoms. The van der Waals surface area contributed by atoms with Crippen molar-refractivity contribution in [3.63, 3.8) is 0 Å². The highest BCUT2D eigenvalue weighted by atomic mass is 79.9. The van der Waals surface area contributed by atoms with Gasteiger partial charge in [-0.05, 0) is 87.5 Å². The van der Waals surface area contributed by atoms with Crippen molar-refractivity contribution in [1.29, 1.82) is 0 Å². The Kier molecular flexibility index (Phi) is 6.51. The van der Waals surface area contributed by atoms with Gasteiger partial charge in [0, 0.05) is 19.0 Å². The molecule has 0 heterocycles. The van der Waals surface area contributed by atoms with Gasteiger partial charge in [-0.25, -0.2) is 5.43 Å². The summed E-state index contributed by atoms with van der Waals surface area (Å²) in [6, 6.07) is 22.3. The zero-order chi connectivity index (χ0) is 21.1. The number of carbonyl (C=O) groups excluding carboxylic acids is 1. The Labute approximate surface area is 199 Å². The van der Waals surface area contributed by atoms with Gasteiger partial charge in [0.1, 0.15) is 0 Å². The van der Waals surface area contributed by atoms with Crippen LogP contribution in [0.3, 0.4) is 0 Å². The molecule has 0 saturated carbocycles. The van der Waals surface area contributed by atoms with E-state index in [0.717, 1.165) is 46.2 Å². The Morgan fingerprint density at radius 1 is 0.833 bits per heavy atom. The quantitative estimate of drug-likeness (QED) is 0.116. The third kappa shape index (κ3) is 4.58. The summed E-state index contributed by atoms with van der Waals surface area (Å²) in [6.45, 7) is 0.0975. The highest BCUT2D eigenvalue weighted by Gasteiger charge is 2.08. The van der Waals surface area contributed by atoms with Crippen LogP contribution in [0.2, 0.25) is 0 Å². The molecule has 4 rings (SSSR count). The summed E-state index contributed by atoms with van der Waals surface area (Å²) >= 11 is 10.4. The van der Waals surface area contributed by atoms with Gasteiger partial charge < -0.3 is 5.32 Å². The molecule has 1 amide bonds. The fourth-order valence-corrected chi connectivity index (χ4v) is 4.71. The van der Waals surface area contributed by atoms with E-state index in [1.165, 1.54) is 0 Å². The minimum absolute atomic E-state index is 0.0975. The number of halogens is 3. The monoisotopic (exact) mass is 587 g/mol. The standard InChI is InChI=1S/C23H16Br3N3O/c24-19-10-21(26)22(11-20(19)25)27-13-23(30)29-28-12-18-16-7-3-1-5-14(16)9-15-6-2-4-8-17(15)18/h1-12,27H,13H2,(H,29,30)/b28-12-. The molecule has 0 aliphatic carbocycles. The van der Waals surface area contributed by atoms with Gasteiger partial charge in [-0.15, -0.1) is 0 Å². The molecule has 4 aromatic carbocycles. The van der Waals surface area contributed by atoms with E-state index >= 15 is 0 Å². The molecule has 4 aromatic rings. The molecule has 2 N–H and O–H groups in total. The number of hydrogen-bond acceptors (Lipinski definition) is 3. The summed E-state index contributed by atoms with van der Waals surface area (Å²) in [6.07, 6.45) is 1.72. The first kappa shape index (κ1) is 21.0. The Hall–Kier alpha value is -2.22. The summed E-state index contributed by atoms with van der Waals surface area (Å²) in [4.78, 5) is 12.3. The highest BCUT2D eigenvalue weighted by Crippen LogP contribution is 2.33. The first-order valence-electron chi connectivity index (χ1n) is 9.14. The molecule has 0 atom stereocenters. The Morgan fingerprint density at radius 3 is 2.10 bits per heavy atom. The van der Waals surface area contributed by atoms with Crippen molar-refractivity contribution in [3.05, 3.63) is 85.7 Å². The fourth-order valence-electron chi connectivity index (χ4n) is 3.23. The molecule has 0 saturated heterocycles. The van der Waals surface area contributed by atoms with Gasteiger partial charge in [-0.2, -0.15) is 5.10 Å². The lowest BCUT2D eigenvalue weighted by atomic mass is 9.97. The summed E-state index contributed by atoms with van der Waals surface area (Å²) < 4.78 is 2.68. The molecule has 150 valence electrons. The average molecular weight is 590 g/mol. The maximum atomic E-state index is 12.3. The van der Waals surface area contributed by atoms with E-state index in [2.05, 4.69) is 94.0 Å². The highest BCUT2D eigenvalue weighted by molar-refractivity contribution is 9.13. The molecule has 0 radical (unpaired) electrons.